The highest BCUT2D eigenvalue weighted by molar-refractivity contribution is 7.89. The van der Waals surface area contributed by atoms with Crippen molar-refractivity contribution in [3.8, 4) is 28.8 Å². The Morgan fingerprint density at radius 2 is 1.82 bits per heavy atom. The van der Waals surface area contributed by atoms with Gasteiger partial charge in [-0.15, -0.1) is 15.3 Å². The number of hydrogen-bond donors (Lipinski definition) is 1. The Morgan fingerprint density at radius 1 is 1.00 bits per heavy atom. The fourth-order valence-corrected chi connectivity index (χ4v) is 4.19. The smallest absolute Gasteiger partial charge is 0.243 e. The van der Waals surface area contributed by atoms with E-state index < -0.39 is 26.6 Å². The number of methoxy groups -OCH3 is 2. The molecule has 0 radical (unpaired) electrons. The van der Waals surface area contributed by atoms with Crippen molar-refractivity contribution in [1.82, 2.24) is 24.5 Å². The fourth-order valence-electron chi connectivity index (χ4n) is 3.09. The van der Waals surface area contributed by atoms with E-state index in [2.05, 4.69) is 20.0 Å². The van der Waals surface area contributed by atoms with Crippen molar-refractivity contribution in [3.63, 3.8) is 0 Å². The molecule has 0 aliphatic rings. The van der Waals surface area contributed by atoms with Crippen LogP contribution >= 0.6 is 0 Å². The minimum absolute atomic E-state index is 0.127. The summed E-state index contributed by atoms with van der Waals surface area (Å²) < 4.78 is 71.3. The molecule has 0 unspecified atom stereocenters. The van der Waals surface area contributed by atoms with Gasteiger partial charge in [0.15, 0.2) is 11.5 Å². The molecule has 4 aromatic rings. The van der Waals surface area contributed by atoms with Crippen LogP contribution in [0.1, 0.15) is 0 Å². The topological polar surface area (TPSA) is 117 Å². The monoisotopic (exact) mass is 491 g/mol. The van der Waals surface area contributed by atoms with Crippen molar-refractivity contribution < 1.29 is 31.4 Å². The van der Waals surface area contributed by atoms with Crippen LogP contribution in [-0.4, -0.2) is 55.6 Å². The third-order valence-corrected chi connectivity index (χ3v) is 6.19. The number of hydrogen-bond acceptors (Lipinski definition) is 8. The maximum Gasteiger partial charge on any atom is 0.243 e. The highest BCUT2D eigenvalue weighted by atomic mass is 32.2. The number of nitrogens with zero attached hydrogens (tertiary/aromatic N) is 4. The van der Waals surface area contributed by atoms with Gasteiger partial charge >= 0.3 is 0 Å². The van der Waals surface area contributed by atoms with Crippen LogP contribution in [0.25, 0.3) is 17.0 Å². The summed E-state index contributed by atoms with van der Waals surface area (Å²) in [7, 11) is -1.21. The average Bonchev–Trinajstić information content (AvgIpc) is 3.26. The average molecular weight is 491 g/mol. The summed E-state index contributed by atoms with van der Waals surface area (Å²) in [6, 6.07) is 10.5. The zero-order valence-corrected chi connectivity index (χ0v) is 18.8. The Labute approximate surface area is 193 Å². The van der Waals surface area contributed by atoms with E-state index in [1.807, 2.05) is 0 Å². The number of sulfonamides is 1. The zero-order chi connectivity index (χ0) is 24.3. The van der Waals surface area contributed by atoms with Gasteiger partial charge in [0, 0.05) is 18.7 Å². The molecule has 0 aliphatic heterocycles. The van der Waals surface area contributed by atoms with Crippen molar-refractivity contribution >= 4 is 15.7 Å². The normalized spacial score (nSPS) is 11.5. The van der Waals surface area contributed by atoms with Crippen molar-refractivity contribution in [2.24, 2.45) is 0 Å². The Hall–Kier alpha value is -3.84. The molecule has 0 aliphatic carbocycles. The molecule has 10 nitrogen and oxygen atoms in total. The van der Waals surface area contributed by atoms with E-state index in [9.17, 15) is 17.2 Å². The summed E-state index contributed by atoms with van der Waals surface area (Å²) in [5, 5.41) is 12.6. The molecule has 1 N–H and O–H groups in total. The third kappa shape index (κ3) is 4.75. The van der Waals surface area contributed by atoms with Crippen molar-refractivity contribution in [2.45, 2.75) is 4.90 Å². The summed E-state index contributed by atoms with van der Waals surface area (Å²) in [6.45, 7) is -0.336. The number of aromatic nitrogens is 4. The SMILES string of the molecule is COc1ccc(-c2nnc3ccc(OCCNS(=O)(=O)c4cc(F)ccc4F)nn23)c(OC)c1. The molecule has 178 valence electrons. The van der Waals surface area contributed by atoms with Crippen molar-refractivity contribution in [3.05, 3.63) is 60.2 Å². The Morgan fingerprint density at radius 3 is 2.59 bits per heavy atom. The fraction of sp³-hybridized carbons (Fsp3) is 0.190. The predicted octanol–water partition coefficient (Wildman–Crippen LogP) is 2.44. The highest BCUT2D eigenvalue weighted by Crippen LogP contribution is 2.32. The summed E-state index contributed by atoms with van der Waals surface area (Å²) in [5.74, 6) is -0.267. The molecule has 0 saturated heterocycles. The van der Waals surface area contributed by atoms with Gasteiger partial charge in [0.2, 0.25) is 15.9 Å². The lowest BCUT2D eigenvalue weighted by Crippen LogP contribution is -2.29. The van der Waals surface area contributed by atoms with Crippen LogP contribution in [-0.2, 0) is 10.0 Å². The van der Waals surface area contributed by atoms with E-state index >= 15 is 0 Å². The predicted molar refractivity (Wildman–Crippen MR) is 116 cm³/mol. The lowest BCUT2D eigenvalue weighted by molar-refractivity contribution is 0.305. The Bertz CT molecular complexity index is 1450. The van der Waals surface area contributed by atoms with Crippen molar-refractivity contribution in [2.75, 3.05) is 27.4 Å². The van der Waals surface area contributed by atoms with E-state index in [4.69, 9.17) is 14.2 Å². The van der Waals surface area contributed by atoms with Crippen LogP contribution in [0, 0.1) is 11.6 Å². The van der Waals surface area contributed by atoms with E-state index in [0.717, 1.165) is 12.1 Å². The molecular weight excluding hydrogens is 472 g/mol. The second kappa shape index (κ2) is 9.57. The minimum Gasteiger partial charge on any atom is -0.497 e. The van der Waals surface area contributed by atoms with Crippen LogP contribution in [0.2, 0.25) is 0 Å². The van der Waals surface area contributed by atoms with Gasteiger partial charge in [-0.25, -0.2) is 21.9 Å². The van der Waals surface area contributed by atoms with E-state index in [1.54, 1.807) is 37.4 Å². The lowest BCUT2D eigenvalue weighted by atomic mass is 10.2. The van der Waals surface area contributed by atoms with Crippen LogP contribution in [0.5, 0.6) is 17.4 Å². The molecule has 34 heavy (non-hydrogen) atoms. The third-order valence-electron chi connectivity index (χ3n) is 4.71. The molecule has 2 heterocycles. The Kier molecular flexibility index (Phi) is 6.56. The van der Waals surface area contributed by atoms with Gasteiger partial charge in [0.25, 0.3) is 0 Å². The lowest BCUT2D eigenvalue weighted by Gasteiger charge is -2.10. The van der Waals surface area contributed by atoms with Gasteiger partial charge in [0.05, 0.1) is 19.8 Å². The molecule has 0 saturated carbocycles. The van der Waals surface area contributed by atoms with Gasteiger partial charge in [-0.3, -0.25) is 0 Å². The molecule has 2 aromatic heterocycles. The second-order valence-electron chi connectivity index (χ2n) is 6.85. The molecule has 0 amide bonds. The maximum atomic E-state index is 13.8. The van der Waals surface area contributed by atoms with E-state index in [-0.39, 0.29) is 19.0 Å². The molecule has 2 aromatic carbocycles. The number of nitrogens with one attached hydrogen (secondary N) is 1. The van der Waals surface area contributed by atoms with E-state index in [0.29, 0.717) is 34.6 Å². The highest BCUT2D eigenvalue weighted by Gasteiger charge is 2.20. The largest absolute Gasteiger partial charge is 0.497 e. The molecule has 0 bridgehead atoms. The molecule has 0 atom stereocenters. The summed E-state index contributed by atoms with van der Waals surface area (Å²) in [4.78, 5) is -0.783. The van der Waals surface area contributed by atoms with Gasteiger partial charge in [0.1, 0.15) is 34.6 Å². The number of ether oxygens (including phenoxy) is 3. The first-order valence-electron chi connectivity index (χ1n) is 9.85. The van der Waals surface area contributed by atoms with Gasteiger partial charge < -0.3 is 14.2 Å². The van der Waals surface area contributed by atoms with Gasteiger partial charge in [-0.1, -0.05) is 0 Å². The number of fused-ring (bicyclic) bond motifs is 1. The molecule has 0 spiro atoms. The zero-order valence-electron chi connectivity index (χ0n) is 18.0. The molecule has 0 fully saturated rings. The minimum atomic E-state index is -4.26. The molecule has 13 heteroatoms. The summed E-state index contributed by atoms with van der Waals surface area (Å²) in [5.41, 5.74) is 1.06. The second-order valence-corrected chi connectivity index (χ2v) is 8.59. The maximum absolute atomic E-state index is 13.8. The first kappa shape index (κ1) is 23.3. The van der Waals surface area contributed by atoms with Gasteiger partial charge in [-0.2, -0.15) is 4.52 Å². The quantitative estimate of drug-likeness (QED) is 0.355. The van der Waals surface area contributed by atoms with Crippen LogP contribution in [0.15, 0.2) is 53.4 Å². The standard InChI is InChI=1S/C21H19F2N5O5S/c1-31-14-4-5-15(17(12-14)32-2)21-26-25-19-7-8-20(27-28(19)21)33-10-9-24-34(29,30)18-11-13(22)3-6-16(18)23/h3-8,11-12,24H,9-10H2,1-2H3. The van der Waals surface area contributed by atoms with Crippen LogP contribution in [0.3, 0.4) is 0 Å². The van der Waals surface area contributed by atoms with Gasteiger partial charge in [-0.05, 0) is 36.4 Å². The number of rotatable bonds is 9. The summed E-state index contributed by atoms with van der Waals surface area (Å²) in [6.07, 6.45) is 0. The summed E-state index contributed by atoms with van der Waals surface area (Å²) >= 11 is 0. The first-order valence-corrected chi connectivity index (χ1v) is 11.3. The van der Waals surface area contributed by atoms with Crippen LogP contribution in [0.4, 0.5) is 8.78 Å². The molecular formula is C21H19F2N5O5S. The Balaban J connectivity index is 1.48. The number of halogens is 2. The molecule has 4 rings (SSSR count). The first-order chi connectivity index (χ1) is 16.3. The number of benzene rings is 2. The van der Waals surface area contributed by atoms with Crippen molar-refractivity contribution in [1.29, 1.82) is 0 Å². The van der Waals surface area contributed by atoms with Crippen LogP contribution < -0.4 is 18.9 Å². The van der Waals surface area contributed by atoms with E-state index in [1.165, 1.54) is 11.6 Å².